The number of carbonyl (C=O) groups excluding carboxylic acids is 6. The van der Waals surface area contributed by atoms with E-state index in [9.17, 15) is 28.8 Å². The van der Waals surface area contributed by atoms with Crippen molar-refractivity contribution in [3.63, 3.8) is 0 Å². The predicted molar refractivity (Wildman–Crippen MR) is 207 cm³/mol. The molecule has 6 amide bonds. The summed E-state index contributed by atoms with van der Waals surface area (Å²) in [6.07, 6.45) is 4.91. The lowest BCUT2D eigenvalue weighted by Crippen LogP contribution is -2.54. The first-order valence-corrected chi connectivity index (χ1v) is 19.0. The van der Waals surface area contributed by atoms with Gasteiger partial charge in [0.15, 0.2) is 0 Å². The van der Waals surface area contributed by atoms with Gasteiger partial charge in [-0.05, 0) is 87.7 Å². The number of carbonyl (C=O) groups is 6. The maximum absolute atomic E-state index is 13.3. The summed E-state index contributed by atoms with van der Waals surface area (Å²) in [4.78, 5) is 87.7. The molecule has 0 bridgehead atoms. The highest BCUT2D eigenvalue weighted by Gasteiger charge is 2.45. The molecule has 8 rings (SSSR count). The molecule has 56 heavy (non-hydrogen) atoms. The van der Waals surface area contributed by atoms with E-state index in [4.69, 9.17) is 4.98 Å². The van der Waals surface area contributed by atoms with Crippen molar-refractivity contribution in [1.29, 1.82) is 0 Å². The Morgan fingerprint density at radius 2 is 1.86 bits per heavy atom. The minimum Gasteiger partial charge on any atom is -0.384 e. The van der Waals surface area contributed by atoms with E-state index in [2.05, 4.69) is 43.2 Å². The van der Waals surface area contributed by atoms with Crippen LogP contribution in [0.2, 0.25) is 0 Å². The highest BCUT2D eigenvalue weighted by molar-refractivity contribution is 6.25. The van der Waals surface area contributed by atoms with Crippen molar-refractivity contribution in [3.05, 3.63) is 83.3 Å². The number of imide groups is 2. The summed E-state index contributed by atoms with van der Waals surface area (Å²) in [5.41, 5.74) is 4.52. The number of rotatable bonds is 13. The van der Waals surface area contributed by atoms with Crippen molar-refractivity contribution in [2.45, 2.75) is 70.6 Å². The van der Waals surface area contributed by atoms with Crippen molar-refractivity contribution < 1.29 is 28.8 Å². The molecule has 1 unspecified atom stereocenters. The van der Waals surface area contributed by atoms with Gasteiger partial charge in [-0.3, -0.25) is 48.6 Å². The average Bonchev–Trinajstić information content (AvgIpc) is 3.95. The summed E-state index contributed by atoms with van der Waals surface area (Å²) in [6.45, 7) is 5.24. The second-order valence-corrected chi connectivity index (χ2v) is 14.5. The molecule has 5 N–H and O–H groups in total. The molecule has 2 atom stereocenters. The Hall–Kier alpha value is -6.42. The number of benzene rings is 3. The molecule has 5 aromatic rings. The lowest BCUT2D eigenvalue weighted by Gasteiger charge is -2.27. The van der Waals surface area contributed by atoms with E-state index in [0.717, 1.165) is 45.8 Å². The van der Waals surface area contributed by atoms with Gasteiger partial charge in [0.25, 0.3) is 17.7 Å². The molecule has 5 heterocycles. The highest BCUT2D eigenvalue weighted by atomic mass is 16.2. The van der Waals surface area contributed by atoms with Gasteiger partial charge in [0.05, 0.1) is 47.0 Å². The van der Waals surface area contributed by atoms with Gasteiger partial charge in [-0.1, -0.05) is 6.07 Å². The van der Waals surface area contributed by atoms with Gasteiger partial charge in [0.1, 0.15) is 11.9 Å². The molecule has 0 spiro atoms. The molecule has 288 valence electrons. The van der Waals surface area contributed by atoms with Crippen LogP contribution in [0, 0.1) is 0 Å². The summed E-state index contributed by atoms with van der Waals surface area (Å²) < 4.78 is 1.78. The summed E-state index contributed by atoms with van der Waals surface area (Å²) in [5.74, 6) is -1.74. The quantitative estimate of drug-likeness (QED) is 0.0873. The van der Waals surface area contributed by atoms with E-state index in [0.29, 0.717) is 49.0 Å². The number of imidazole rings is 1. The van der Waals surface area contributed by atoms with Crippen molar-refractivity contribution in [2.24, 2.45) is 0 Å². The molecule has 2 saturated heterocycles. The number of amides is 6. The zero-order valence-electron chi connectivity index (χ0n) is 30.9. The molecule has 3 aliphatic heterocycles. The van der Waals surface area contributed by atoms with Crippen molar-refractivity contribution in [1.82, 2.24) is 40.2 Å². The molecule has 16 heteroatoms. The van der Waals surface area contributed by atoms with E-state index in [1.165, 1.54) is 18.9 Å². The van der Waals surface area contributed by atoms with Crippen molar-refractivity contribution in [3.8, 4) is 0 Å². The summed E-state index contributed by atoms with van der Waals surface area (Å²) >= 11 is 0. The zero-order valence-corrected chi connectivity index (χ0v) is 30.9. The number of hydrogen-bond donors (Lipinski definition) is 5. The van der Waals surface area contributed by atoms with E-state index in [-0.39, 0.29) is 42.2 Å². The smallest absolute Gasteiger partial charge is 0.264 e. The van der Waals surface area contributed by atoms with Crippen LogP contribution < -0.4 is 21.3 Å². The van der Waals surface area contributed by atoms with Crippen molar-refractivity contribution in [2.75, 3.05) is 30.3 Å². The fourth-order valence-electron chi connectivity index (χ4n) is 7.76. The second kappa shape index (κ2) is 15.4. The average molecular weight is 759 g/mol. The Morgan fingerprint density at radius 1 is 0.982 bits per heavy atom. The number of fused-ring (bicyclic) bond motifs is 3. The first-order valence-electron chi connectivity index (χ1n) is 19.0. The van der Waals surface area contributed by atoms with Gasteiger partial charge in [0.2, 0.25) is 17.7 Å². The number of likely N-dealkylation sites (tertiary alicyclic amines) is 1. The van der Waals surface area contributed by atoms with E-state index in [1.54, 1.807) is 35.1 Å². The molecular formula is C40H42N10O6. The molecule has 2 aromatic heterocycles. The number of nitrogens with zero attached hydrogens (tertiary/aromatic N) is 5. The molecule has 0 saturated carbocycles. The number of piperidine rings is 1. The van der Waals surface area contributed by atoms with Crippen LogP contribution in [-0.4, -0.2) is 96.7 Å². The van der Waals surface area contributed by atoms with Crippen LogP contribution >= 0.6 is 0 Å². The Morgan fingerprint density at radius 3 is 2.68 bits per heavy atom. The number of nitrogens with one attached hydrogen (secondary N) is 5. The SMILES string of the molecule is C[C@H]1CCCN1Cc1nc2cc(NC(=O)c3ccc4c(cnn4CCNC(=O)CCCNc4cccc5c4C(=O)N(C4CCC(=O)NC4=O)C5=O)c3)ccc2[nH]1. The summed E-state index contributed by atoms with van der Waals surface area (Å²) in [6, 6.07) is 15.4. The first kappa shape index (κ1) is 36.6. The van der Waals surface area contributed by atoms with Gasteiger partial charge in [-0.25, -0.2) is 4.98 Å². The lowest BCUT2D eigenvalue weighted by atomic mass is 10.0. The maximum atomic E-state index is 13.3. The monoisotopic (exact) mass is 758 g/mol. The van der Waals surface area contributed by atoms with Gasteiger partial charge in [-0.2, -0.15) is 5.10 Å². The van der Waals surface area contributed by atoms with E-state index < -0.39 is 29.7 Å². The Bertz CT molecular complexity index is 2400. The van der Waals surface area contributed by atoms with Gasteiger partial charge in [-0.15, -0.1) is 0 Å². The molecule has 3 aliphatic rings. The fraction of sp³-hybridized carbons (Fsp3) is 0.350. The number of H-pyrrole nitrogens is 1. The molecule has 0 radical (unpaired) electrons. The molecule has 0 aliphatic carbocycles. The number of hydrogen-bond acceptors (Lipinski definition) is 10. The lowest BCUT2D eigenvalue weighted by molar-refractivity contribution is -0.136. The predicted octanol–water partition coefficient (Wildman–Crippen LogP) is 3.56. The van der Waals surface area contributed by atoms with Crippen LogP contribution in [0.4, 0.5) is 11.4 Å². The van der Waals surface area contributed by atoms with E-state index >= 15 is 0 Å². The first-order chi connectivity index (χ1) is 27.1. The Kier molecular flexibility index (Phi) is 10.0. The summed E-state index contributed by atoms with van der Waals surface area (Å²) in [7, 11) is 0. The van der Waals surface area contributed by atoms with Crippen LogP contribution in [0.3, 0.4) is 0 Å². The number of aromatic nitrogens is 4. The minimum atomic E-state index is -1.04. The van der Waals surface area contributed by atoms with Crippen LogP contribution in [-0.2, 0) is 27.5 Å². The van der Waals surface area contributed by atoms with E-state index in [1.807, 2.05) is 24.3 Å². The second-order valence-electron chi connectivity index (χ2n) is 14.5. The topological polar surface area (TPSA) is 204 Å². The van der Waals surface area contributed by atoms with Crippen LogP contribution in [0.25, 0.3) is 21.9 Å². The Balaban J connectivity index is 0.794. The van der Waals surface area contributed by atoms with Crippen LogP contribution in [0.15, 0.2) is 60.8 Å². The molecule has 2 fully saturated rings. The normalized spacial score (nSPS) is 18.5. The maximum Gasteiger partial charge on any atom is 0.264 e. The third kappa shape index (κ3) is 7.34. The standard InChI is InChI=1S/C40H42N10O6/c1-23-5-4-17-48(23)22-33-45-28-11-10-26(20-30(28)46-33)44-37(53)24-9-12-31-25(19-24)21-43-49(31)18-16-42-34(51)8-3-15-41-29-7-2-6-27-36(29)40(56)50(39(27)55)32-13-14-35(52)47-38(32)54/h2,6-7,9-12,19-21,23,32,41H,3-5,8,13-18,22H2,1H3,(H,42,51)(H,44,53)(H,45,46)(H,47,52,54)/t23-,32?/m0/s1. The molecule has 16 nitrogen and oxygen atoms in total. The number of aromatic amines is 1. The largest absolute Gasteiger partial charge is 0.384 e. The highest BCUT2D eigenvalue weighted by Crippen LogP contribution is 2.32. The third-order valence-electron chi connectivity index (χ3n) is 10.7. The number of anilines is 2. The van der Waals surface area contributed by atoms with Gasteiger partial charge in [0, 0.05) is 54.3 Å². The van der Waals surface area contributed by atoms with Crippen LogP contribution in [0.1, 0.15) is 82.3 Å². The van der Waals surface area contributed by atoms with Crippen molar-refractivity contribution >= 4 is 68.8 Å². The summed E-state index contributed by atoms with van der Waals surface area (Å²) in [5, 5.41) is 16.5. The minimum absolute atomic E-state index is 0.0439. The Labute approximate surface area is 321 Å². The third-order valence-corrected chi connectivity index (χ3v) is 10.7. The van der Waals surface area contributed by atoms with Crippen LogP contribution in [0.5, 0.6) is 0 Å². The van der Waals surface area contributed by atoms with Gasteiger partial charge >= 0.3 is 0 Å². The zero-order chi connectivity index (χ0) is 38.9. The molecule has 3 aromatic carbocycles. The fourth-order valence-corrected chi connectivity index (χ4v) is 7.76. The molecular weight excluding hydrogens is 717 g/mol. The van der Waals surface area contributed by atoms with Gasteiger partial charge < -0.3 is 20.9 Å².